The number of carbonyl (C=O) groups is 1. The maximum atomic E-state index is 12.0. The molecule has 0 aromatic rings. The van der Waals surface area contributed by atoms with Gasteiger partial charge in [-0.1, -0.05) is 6.92 Å². The van der Waals surface area contributed by atoms with Gasteiger partial charge in [0.2, 0.25) is 0 Å². The molecule has 116 valence electrons. The first kappa shape index (κ1) is 16.8. The number of nitrogens with two attached hydrogens (primary N) is 1. The van der Waals surface area contributed by atoms with Crippen molar-refractivity contribution in [2.24, 2.45) is 16.6 Å². The Morgan fingerprint density at radius 3 is 2.40 bits per heavy atom. The van der Waals surface area contributed by atoms with Gasteiger partial charge in [0.05, 0.1) is 5.92 Å². The Bertz CT molecular complexity index is 340. The number of rotatable bonds is 4. The molecule has 1 aliphatic carbocycles. The maximum Gasteiger partial charge on any atom is 0.309 e. The number of nitrogens with zero attached hydrogens (tertiary/aromatic N) is 1. The Balaban J connectivity index is 2.35. The normalized spacial score (nSPS) is 24.3. The van der Waals surface area contributed by atoms with Crippen molar-refractivity contribution in [3.8, 4) is 0 Å². The molecule has 1 aliphatic rings. The Morgan fingerprint density at radius 1 is 1.30 bits per heavy atom. The molecule has 5 heteroatoms. The van der Waals surface area contributed by atoms with E-state index in [0.717, 1.165) is 38.6 Å². The molecule has 0 aromatic carbocycles. The van der Waals surface area contributed by atoms with Crippen LogP contribution in [0.3, 0.4) is 0 Å². The fourth-order valence-corrected chi connectivity index (χ4v) is 2.35. The lowest BCUT2D eigenvalue weighted by Crippen LogP contribution is -2.43. The molecular formula is C15H29N3O2. The van der Waals surface area contributed by atoms with Gasteiger partial charge in [-0.2, -0.15) is 0 Å². The lowest BCUT2D eigenvalue weighted by molar-refractivity contribution is -0.161. The first-order valence-corrected chi connectivity index (χ1v) is 7.61. The van der Waals surface area contributed by atoms with Gasteiger partial charge in [-0.05, 0) is 52.9 Å². The molecule has 0 spiro atoms. The summed E-state index contributed by atoms with van der Waals surface area (Å²) in [7, 11) is 0. The summed E-state index contributed by atoms with van der Waals surface area (Å²) >= 11 is 0. The van der Waals surface area contributed by atoms with E-state index >= 15 is 0 Å². The van der Waals surface area contributed by atoms with Crippen molar-refractivity contribution in [3.05, 3.63) is 0 Å². The van der Waals surface area contributed by atoms with Gasteiger partial charge in [0.25, 0.3) is 0 Å². The summed E-state index contributed by atoms with van der Waals surface area (Å²) in [5.41, 5.74) is 5.42. The molecule has 0 atom stereocenters. The van der Waals surface area contributed by atoms with Gasteiger partial charge in [0, 0.05) is 12.6 Å². The van der Waals surface area contributed by atoms with Gasteiger partial charge in [-0.15, -0.1) is 0 Å². The van der Waals surface area contributed by atoms with Crippen LogP contribution in [0.4, 0.5) is 0 Å². The Hall–Kier alpha value is -1.26. The second-order valence-electron chi connectivity index (χ2n) is 6.49. The number of aliphatic imine (C=N–C) groups is 1. The zero-order chi connectivity index (χ0) is 15.2. The number of ether oxygens (including phenoxy) is 1. The summed E-state index contributed by atoms with van der Waals surface area (Å²) in [5.74, 6) is 0.484. The van der Waals surface area contributed by atoms with Gasteiger partial charge in [0.1, 0.15) is 5.60 Å². The summed E-state index contributed by atoms with van der Waals surface area (Å²) in [6.07, 6.45) is 4.58. The van der Waals surface area contributed by atoms with Gasteiger partial charge in [-0.25, -0.2) is 0 Å². The van der Waals surface area contributed by atoms with Crippen LogP contribution >= 0.6 is 0 Å². The fraction of sp³-hybridized carbons (Fsp3) is 0.867. The third kappa shape index (κ3) is 6.26. The highest BCUT2D eigenvalue weighted by molar-refractivity contribution is 5.78. The molecule has 1 rings (SSSR count). The lowest BCUT2D eigenvalue weighted by Gasteiger charge is -2.30. The largest absolute Gasteiger partial charge is 0.460 e. The molecule has 3 N–H and O–H groups in total. The summed E-state index contributed by atoms with van der Waals surface area (Å²) < 4.78 is 5.44. The molecule has 0 aliphatic heterocycles. The number of guanidine groups is 1. The topological polar surface area (TPSA) is 76.7 Å². The van der Waals surface area contributed by atoms with E-state index in [1.165, 1.54) is 0 Å². The lowest BCUT2D eigenvalue weighted by atomic mass is 9.86. The number of hydrogen-bond acceptors (Lipinski definition) is 3. The molecule has 0 saturated heterocycles. The highest BCUT2D eigenvalue weighted by atomic mass is 16.6. The minimum atomic E-state index is -0.399. The fourth-order valence-electron chi connectivity index (χ4n) is 2.35. The monoisotopic (exact) mass is 283 g/mol. The third-order valence-corrected chi connectivity index (χ3v) is 3.33. The molecule has 1 saturated carbocycles. The van der Waals surface area contributed by atoms with E-state index in [1.807, 2.05) is 20.8 Å². The molecular weight excluding hydrogens is 254 g/mol. The first-order valence-electron chi connectivity index (χ1n) is 7.61. The van der Waals surface area contributed by atoms with Crippen molar-refractivity contribution in [2.45, 2.75) is 71.4 Å². The van der Waals surface area contributed by atoms with Crippen molar-refractivity contribution in [3.63, 3.8) is 0 Å². The van der Waals surface area contributed by atoms with Crippen LogP contribution in [0.2, 0.25) is 0 Å². The van der Waals surface area contributed by atoms with E-state index in [-0.39, 0.29) is 11.9 Å². The predicted molar refractivity (Wildman–Crippen MR) is 81.5 cm³/mol. The highest BCUT2D eigenvalue weighted by Gasteiger charge is 2.29. The molecule has 0 aromatic heterocycles. The van der Waals surface area contributed by atoms with Crippen LogP contribution in [-0.4, -0.2) is 30.1 Å². The van der Waals surface area contributed by atoms with Crippen LogP contribution in [-0.2, 0) is 9.53 Å². The Labute approximate surface area is 122 Å². The number of nitrogens with one attached hydrogen (secondary N) is 1. The van der Waals surface area contributed by atoms with Gasteiger partial charge in [0.15, 0.2) is 5.96 Å². The molecule has 0 radical (unpaired) electrons. The van der Waals surface area contributed by atoms with Crippen LogP contribution in [0.15, 0.2) is 4.99 Å². The highest BCUT2D eigenvalue weighted by Crippen LogP contribution is 2.26. The molecule has 5 nitrogen and oxygen atoms in total. The van der Waals surface area contributed by atoms with Gasteiger partial charge in [-0.3, -0.25) is 9.79 Å². The van der Waals surface area contributed by atoms with E-state index in [9.17, 15) is 4.79 Å². The van der Waals surface area contributed by atoms with Crippen molar-refractivity contribution in [1.29, 1.82) is 0 Å². The second kappa shape index (κ2) is 7.50. The standard InChI is InChI=1S/C15H29N3O2/c1-5-10-17-14(16)18-12-8-6-11(7-9-12)13(19)20-15(2,3)4/h11-12H,5-10H2,1-4H3,(H3,16,17,18). The molecule has 0 unspecified atom stereocenters. The minimum absolute atomic E-state index is 0.0288. The van der Waals surface area contributed by atoms with Crippen molar-refractivity contribution in [1.82, 2.24) is 5.32 Å². The SMILES string of the molecule is CCCN=C(N)NC1CCC(C(=O)OC(C)(C)C)CC1. The van der Waals surface area contributed by atoms with Gasteiger partial charge < -0.3 is 15.8 Å². The molecule has 0 amide bonds. The van der Waals surface area contributed by atoms with Crippen LogP contribution < -0.4 is 11.1 Å². The number of esters is 1. The first-order chi connectivity index (χ1) is 9.31. The maximum absolute atomic E-state index is 12.0. The summed E-state index contributed by atoms with van der Waals surface area (Å²) in [6.45, 7) is 8.55. The van der Waals surface area contributed by atoms with Crippen LogP contribution in [0.25, 0.3) is 0 Å². The summed E-state index contributed by atoms with van der Waals surface area (Å²) in [4.78, 5) is 16.2. The molecule has 0 bridgehead atoms. The predicted octanol–water partition coefficient (Wildman–Crippen LogP) is 2.20. The minimum Gasteiger partial charge on any atom is -0.460 e. The smallest absolute Gasteiger partial charge is 0.309 e. The third-order valence-electron chi connectivity index (χ3n) is 3.33. The van der Waals surface area contributed by atoms with E-state index < -0.39 is 5.60 Å². The number of hydrogen-bond donors (Lipinski definition) is 2. The average Bonchev–Trinajstić information content (AvgIpc) is 2.35. The Kier molecular flexibility index (Phi) is 6.30. The van der Waals surface area contributed by atoms with Crippen LogP contribution in [0.5, 0.6) is 0 Å². The van der Waals surface area contributed by atoms with E-state index in [0.29, 0.717) is 12.0 Å². The average molecular weight is 283 g/mol. The molecule has 20 heavy (non-hydrogen) atoms. The number of carbonyl (C=O) groups excluding carboxylic acids is 1. The van der Waals surface area contributed by atoms with Crippen molar-refractivity contribution in [2.75, 3.05) is 6.54 Å². The summed E-state index contributed by atoms with van der Waals surface area (Å²) in [6, 6.07) is 0.328. The van der Waals surface area contributed by atoms with Crippen LogP contribution in [0.1, 0.15) is 59.8 Å². The van der Waals surface area contributed by atoms with Crippen molar-refractivity contribution >= 4 is 11.9 Å². The Morgan fingerprint density at radius 2 is 1.90 bits per heavy atom. The van der Waals surface area contributed by atoms with E-state index in [2.05, 4.69) is 17.2 Å². The zero-order valence-electron chi connectivity index (χ0n) is 13.2. The van der Waals surface area contributed by atoms with E-state index in [4.69, 9.17) is 10.5 Å². The summed E-state index contributed by atoms with van der Waals surface area (Å²) in [5, 5.41) is 3.24. The van der Waals surface area contributed by atoms with Gasteiger partial charge >= 0.3 is 5.97 Å². The van der Waals surface area contributed by atoms with E-state index in [1.54, 1.807) is 0 Å². The van der Waals surface area contributed by atoms with Crippen molar-refractivity contribution < 1.29 is 9.53 Å². The van der Waals surface area contributed by atoms with Crippen LogP contribution in [0, 0.1) is 5.92 Å². The molecule has 0 heterocycles. The molecule has 1 fully saturated rings. The second-order valence-corrected chi connectivity index (χ2v) is 6.49. The quantitative estimate of drug-likeness (QED) is 0.471. The zero-order valence-corrected chi connectivity index (χ0v) is 13.2.